The molecule has 0 aliphatic heterocycles. The lowest BCUT2D eigenvalue weighted by Crippen LogP contribution is -2.61. The maximum absolute atomic E-state index is 12.0. The highest BCUT2D eigenvalue weighted by Crippen LogP contribution is 2.46. The van der Waals surface area contributed by atoms with Crippen LogP contribution in [0.5, 0.6) is 0 Å². The van der Waals surface area contributed by atoms with Gasteiger partial charge in [0.15, 0.2) is 5.96 Å². The summed E-state index contributed by atoms with van der Waals surface area (Å²) in [5.74, 6) is -1.22. The molecule has 0 heterocycles. The van der Waals surface area contributed by atoms with E-state index in [2.05, 4.69) is 29.4 Å². The number of carbonyl (C=O) groups excluding carboxylic acids is 1. The highest BCUT2D eigenvalue weighted by molar-refractivity contribution is 5.78. The van der Waals surface area contributed by atoms with Gasteiger partial charge in [0.1, 0.15) is 0 Å². The van der Waals surface area contributed by atoms with Crippen molar-refractivity contribution < 1.29 is 14.7 Å². The summed E-state index contributed by atoms with van der Waals surface area (Å²) in [5, 5.41) is 12.4. The molecule has 6 N–H and O–H groups in total. The Hall–Kier alpha value is -2.57. The quantitative estimate of drug-likeness (QED) is 0.236. The minimum Gasteiger partial charge on any atom is -0.481 e. The Morgan fingerprint density at radius 1 is 1.23 bits per heavy atom. The smallest absolute Gasteiger partial charge is 0.306 e. The number of carboxylic acids is 1. The van der Waals surface area contributed by atoms with Crippen LogP contribution in [0.4, 0.5) is 0 Å². The van der Waals surface area contributed by atoms with E-state index >= 15 is 0 Å². The Balaban J connectivity index is 2.25. The summed E-state index contributed by atoms with van der Waals surface area (Å²) in [6, 6.07) is 10.0. The van der Waals surface area contributed by atoms with Crippen molar-refractivity contribution in [2.75, 3.05) is 0 Å². The number of rotatable bonds is 12. The van der Waals surface area contributed by atoms with E-state index in [1.807, 2.05) is 18.2 Å². The zero-order valence-electron chi connectivity index (χ0n) is 18.1. The summed E-state index contributed by atoms with van der Waals surface area (Å²) in [5.41, 5.74) is 11.9. The van der Waals surface area contributed by atoms with Gasteiger partial charge >= 0.3 is 5.97 Å². The average Bonchev–Trinajstić information content (AvgIpc) is 2.64. The van der Waals surface area contributed by atoms with Crippen molar-refractivity contribution in [1.82, 2.24) is 5.32 Å². The molecule has 1 amide bonds. The molecule has 7 heteroatoms. The van der Waals surface area contributed by atoms with Crippen LogP contribution in [0.2, 0.25) is 0 Å². The monoisotopic (exact) mass is 416 g/mol. The fourth-order valence-corrected chi connectivity index (χ4v) is 4.60. The SMILES string of the molecule is CCCCCC(Cc1ccccc1)CC(NC(C)=O)C1(N=C(N)N)CC(C(=O)O)C1. The van der Waals surface area contributed by atoms with Gasteiger partial charge in [-0.05, 0) is 37.2 Å². The predicted octanol–water partition coefficient (Wildman–Crippen LogP) is 2.83. The Labute approximate surface area is 179 Å². The summed E-state index contributed by atoms with van der Waals surface area (Å²) in [6.07, 6.45) is 6.74. The summed E-state index contributed by atoms with van der Waals surface area (Å²) in [6.45, 7) is 3.66. The summed E-state index contributed by atoms with van der Waals surface area (Å²) >= 11 is 0. The van der Waals surface area contributed by atoms with Gasteiger partial charge in [0.05, 0.1) is 17.5 Å². The average molecular weight is 417 g/mol. The third-order valence-electron chi connectivity index (χ3n) is 6.08. The number of aliphatic carboxylic acids is 1. The molecule has 0 saturated heterocycles. The number of nitrogens with zero attached hydrogens (tertiary/aromatic N) is 1. The molecule has 30 heavy (non-hydrogen) atoms. The first-order valence-electron chi connectivity index (χ1n) is 10.9. The molecule has 1 aliphatic rings. The topological polar surface area (TPSA) is 131 Å². The van der Waals surface area contributed by atoms with E-state index < -0.39 is 17.4 Å². The lowest BCUT2D eigenvalue weighted by molar-refractivity contribution is -0.147. The molecule has 0 bridgehead atoms. The number of aliphatic imine (C=N–C) groups is 1. The van der Waals surface area contributed by atoms with Crippen molar-refractivity contribution in [2.45, 2.75) is 76.8 Å². The van der Waals surface area contributed by atoms with Gasteiger partial charge in [-0.1, -0.05) is 62.9 Å². The molecular formula is C23H36N4O3. The fourth-order valence-electron chi connectivity index (χ4n) is 4.60. The van der Waals surface area contributed by atoms with Crippen LogP contribution in [0, 0.1) is 11.8 Å². The highest BCUT2D eigenvalue weighted by Gasteiger charge is 2.53. The Morgan fingerprint density at radius 2 is 1.90 bits per heavy atom. The number of hydrogen-bond donors (Lipinski definition) is 4. The van der Waals surface area contributed by atoms with Crippen LogP contribution < -0.4 is 16.8 Å². The van der Waals surface area contributed by atoms with E-state index in [4.69, 9.17) is 11.5 Å². The van der Waals surface area contributed by atoms with Crippen LogP contribution in [0.15, 0.2) is 35.3 Å². The zero-order chi connectivity index (χ0) is 22.1. The van der Waals surface area contributed by atoms with Gasteiger partial charge < -0.3 is 21.9 Å². The van der Waals surface area contributed by atoms with Gasteiger partial charge in [-0.25, -0.2) is 4.99 Å². The predicted molar refractivity (Wildman–Crippen MR) is 119 cm³/mol. The number of guanidine groups is 1. The van der Waals surface area contributed by atoms with Crippen LogP contribution in [0.3, 0.4) is 0 Å². The first-order chi connectivity index (χ1) is 14.3. The van der Waals surface area contributed by atoms with E-state index in [1.54, 1.807) is 0 Å². The molecule has 1 aromatic rings. The summed E-state index contributed by atoms with van der Waals surface area (Å²) in [7, 11) is 0. The zero-order valence-corrected chi connectivity index (χ0v) is 18.1. The minimum atomic E-state index is -0.846. The summed E-state index contributed by atoms with van der Waals surface area (Å²) < 4.78 is 0. The van der Waals surface area contributed by atoms with Gasteiger partial charge in [-0.3, -0.25) is 9.59 Å². The summed E-state index contributed by atoms with van der Waals surface area (Å²) in [4.78, 5) is 27.9. The van der Waals surface area contributed by atoms with Crippen molar-refractivity contribution in [3.63, 3.8) is 0 Å². The minimum absolute atomic E-state index is 0.0696. The van der Waals surface area contributed by atoms with Crippen LogP contribution in [0.1, 0.15) is 64.4 Å². The molecule has 1 aliphatic carbocycles. The normalized spacial score (nSPS) is 22.4. The molecule has 1 saturated carbocycles. The fraction of sp³-hybridized carbons (Fsp3) is 0.609. The van der Waals surface area contributed by atoms with E-state index in [1.165, 1.54) is 12.5 Å². The maximum atomic E-state index is 12.0. The molecule has 0 aromatic heterocycles. The van der Waals surface area contributed by atoms with Crippen LogP contribution in [-0.2, 0) is 16.0 Å². The molecule has 2 atom stereocenters. The van der Waals surface area contributed by atoms with E-state index in [0.717, 1.165) is 32.1 Å². The molecule has 0 radical (unpaired) electrons. The van der Waals surface area contributed by atoms with Crippen LogP contribution in [0.25, 0.3) is 0 Å². The van der Waals surface area contributed by atoms with Crippen molar-refractivity contribution in [1.29, 1.82) is 0 Å². The van der Waals surface area contributed by atoms with E-state index in [9.17, 15) is 14.7 Å². The first kappa shape index (κ1) is 23.7. The van der Waals surface area contributed by atoms with Crippen LogP contribution in [-0.4, -0.2) is 34.5 Å². The molecule has 1 aromatic carbocycles. The van der Waals surface area contributed by atoms with Gasteiger partial charge in [0, 0.05) is 6.92 Å². The lowest BCUT2D eigenvalue weighted by atomic mass is 9.62. The molecule has 0 spiro atoms. The maximum Gasteiger partial charge on any atom is 0.306 e. The Morgan fingerprint density at radius 3 is 2.43 bits per heavy atom. The molecule has 7 nitrogen and oxygen atoms in total. The second kappa shape index (κ2) is 11.0. The molecule has 1 fully saturated rings. The molecule has 2 unspecified atom stereocenters. The van der Waals surface area contributed by atoms with E-state index in [-0.39, 0.29) is 17.9 Å². The standard InChI is InChI=1S/C23H36N4O3/c1-3-4-6-11-18(12-17-9-7-5-8-10-17)13-20(26-16(2)28)23(27-22(24)25)14-19(15-23)21(29)30/h5,7-10,18-20H,3-4,6,11-15H2,1-2H3,(H,26,28)(H,29,30)(H4,24,25,27). The number of nitrogens with two attached hydrogens (primary N) is 2. The Bertz CT molecular complexity index is 725. The highest BCUT2D eigenvalue weighted by atomic mass is 16.4. The van der Waals surface area contributed by atoms with Crippen molar-refractivity contribution in [2.24, 2.45) is 28.3 Å². The second-order valence-electron chi connectivity index (χ2n) is 8.62. The van der Waals surface area contributed by atoms with Gasteiger partial charge in [-0.2, -0.15) is 0 Å². The van der Waals surface area contributed by atoms with Crippen molar-refractivity contribution in [3.05, 3.63) is 35.9 Å². The number of carboxylic acid groups (broad SMARTS) is 1. The van der Waals surface area contributed by atoms with E-state index in [0.29, 0.717) is 25.2 Å². The number of amides is 1. The Kier molecular flexibility index (Phi) is 8.69. The van der Waals surface area contributed by atoms with Gasteiger partial charge in [0.2, 0.25) is 5.91 Å². The van der Waals surface area contributed by atoms with Crippen LogP contribution >= 0.6 is 0 Å². The largest absolute Gasteiger partial charge is 0.481 e. The van der Waals surface area contributed by atoms with Crippen molar-refractivity contribution in [3.8, 4) is 0 Å². The van der Waals surface area contributed by atoms with Gasteiger partial charge in [0.25, 0.3) is 0 Å². The van der Waals surface area contributed by atoms with Crippen molar-refractivity contribution >= 4 is 17.8 Å². The second-order valence-corrected chi connectivity index (χ2v) is 8.62. The number of hydrogen-bond acceptors (Lipinski definition) is 3. The molecular weight excluding hydrogens is 380 g/mol. The first-order valence-corrected chi connectivity index (χ1v) is 10.9. The molecule has 166 valence electrons. The number of nitrogens with one attached hydrogen (secondary N) is 1. The number of unbranched alkanes of at least 4 members (excludes halogenated alkanes) is 2. The lowest BCUT2D eigenvalue weighted by Gasteiger charge is -2.49. The third-order valence-corrected chi connectivity index (χ3v) is 6.08. The number of carbonyl (C=O) groups is 2. The third kappa shape index (κ3) is 6.75. The molecule has 2 rings (SSSR count). The van der Waals surface area contributed by atoms with Gasteiger partial charge in [-0.15, -0.1) is 0 Å². The number of benzene rings is 1.